The van der Waals surface area contributed by atoms with Crippen LogP contribution in [0.15, 0.2) is 30.5 Å². The smallest absolute Gasteiger partial charge is 0.231 e. The second-order valence-corrected chi connectivity index (χ2v) is 7.36. The fraction of sp³-hybridized carbons (Fsp3) is 0.421. The first-order valence-electron chi connectivity index (χ1n) is 9.11. The summed E-state index contributed by atoms with van der Waals surface area (Å²) in [7, 11) is 0. The number of carbonyl (C=O) groups is 2. The second kappa shape index (κ2) is 7.70. The lowest BCUT2D eigenvalue weighted by Gasteiger charge is -2.24. The number of amides is 2. The third-order valence-electron chi connectivity index (χ3n) is 4.98. The predicted molar refractivity (Wildman–Crippen MR) is 101 cm³/mol. The first-order valence-corrected chi connectivity index (χ1v) is 9.49. The van der Waals surface area contributed by atoms with E-state index < -0.39 is 5.92 Å². The first kappa shape index (κ1) is 18.0. The molecular formula is C19H21ClN4O3. The summed E-state index contributed by atoms with van der Waals surface area (Å²) in [6, 6.07) is 7.37. The number of hydrogen-bond acceptors (Lipinski definition) is 4. The molecule has 7 nitrogen and oxygen atoms in total. The molecule has 3 heterocycles. The molecule has 0 spiro atoms. The van der Waals surface area contributed by atoms with Crippen molar-refractivity contribution in [2.24, 2.45) is 5.92 Å². The van der Waals surface area contributed by atoms with E-state index in [2.05, 4.69) is 15.7 Å². The second-order valence-electron chi connectivity index (χ2n) is 6.93. The topological polar surface area (TPSA) is 85.2 Å². The Kier molecular flexibility index (Phi) is 5.13. The monoisotopic (exact) mass is 388 g/mol. The Bertz CT molecular complexity index is 843. The van der Waals surface area contributed by atoms with Gasteiger partial charge in [0.05, 0.1) is 24.8 Å². The van der Waals surface area contributed by atoms with Crippen LogP contribution in [-0.2, 0) is 20.9 Å². The zero-order chi connectivity index (χ0) is 18.8. The molecule has 1 saturated heterocycles. The van der Waals surface area contributed by atoms with Gasteiger partial charge in [0.1, 0.15) is 5.82 Å². The van der Waals surface area contributed by atoms with Gasteiger partial charge in [0, 0.05) is 30.2 Å². The Hall–Kier alpha value is -2.38. The molecule has 2 atom stereocenters. The molecule has 142 valence electrons. The van der Waals surface area contributed by atoms with E-state index in [4.69, 9.17) is 16.3 Å². The normalized spacial score (nSPS) is 21.6. The van der Waals surface area contributed by atoms with E-state index in [0.29, 0.717) is 23.9 Å². The molecule has 0 radical (unpaired) electrons. The maximum Gasteiger partial charge on any atom is 0.231 e. The number of carbonyl (C=O) groups excluding carboxylic acids is 2. The molecule has 1 fully saturated rings. The van der Waals surface area contributed by atoms with Crippen molar-refractivity contribution in [1.82, 2.24) is 15.1 Å². The number of rotatable bonds is 5. The van der Waals surface area contributed by atoms with Gasteiger partial charge in [-0.1, -0.05) is 23.7 Å². The molecule has 2 aliphatic rings. The van der Waals surface area contributed by atoms with Crippen LogP contribution in [0.1, 0.15) is 19.3 Å². The van der Waals surface area contributed by atoms with Crippen LogP contribution in [0.5, 0.6) is 0 Å². The quantitative estimate of drug-likeness (QED) is 0.823. The number of anilines is 1. The average Bonchev–Trinajstić information content (AvgIpc) is 3.31. The maximum atomic E-state index is 12.5. The molecule has 2 unspecified atom stereocenters. The number of aromatic nitrogens is 2. The summed E-state index contributed by atoms with van der Waals surface area (Å²) in [5, 5.41) is 10.8. The average molecular weight is 389 g/mol. The number of nitrogens with one attached hydrogen (secondary N) is 2. The lowest BCUT2D eigenvalue weighted by molar-refractivity contribution is -0.128. The highest BCUT2D eigenvalue weighted by atomic mass is 35.5. The number of hydrogen-bond donors (Lipinski definition) is 2. The molecule has 2 aromatic rings. The number of benzene rings is 1. The highest BCUT2D eigenvalue weighted by Crippen LogP contribution is 2.32. The van der Waals surface area contributed by atoms with Crippen LogP contribution in [-0.4, -0.2) is 40.9 Å². The molecule has 2 amide bonds. The van der Waals surface area contributed by atoms with Crippen molar-refractivity contribution in [2.75, 3.05) is 18.5 Å². The molecule has 1 aromatic heterocycles. The summed E-state index contributed by atoms with van der Waals surface area (Å²) in [6.07, 6.45) is 3.94. The van der Waals surface area contributed by atoms with Crippen molar-refractivity contribution in [3.63, 3.8) is 0 Å². The van der Waals surface area contributed by atoms with Crippen LogP contribution >= 0.6 is 11.6 Å². The van der Waals surface area contributed by atoms with E-state index in [1.165, 1.54) is 0 Å². The highest BCUT2D eigenvalue weighted by molar-refractivity contribution is 6.30. The molecule has 2 N–H and O–H groups in total. The zero-order valence-corrected chi connectivity index (χ0v) is 15.5. The third-order valence-corrected chi connectivity index (χ3v) is 5.24. The fourth-order valence-electron chi connectivity index (χ4n) is 3.49. The van der Waals surface area contributed by atoms with E-state index in [1.54, 1.807) is 23.0 Å². The molecule has 8 heteroatoms. The van der Waals surface area contributed by atoms with Crippen LogP contribution in [0.25, 0.3) is 11.1 Å². The lowest BCUT2D eigenvalue weighted by Crippen LogP contribution is -2.39. The van der Waals surface area contributed by atoms with Crippen molar-refractivity contribution in [1.29, 1.82) is 0 Å². The van der Waals surface area contributed by atoms with Gasteiger partial charge in [-0.05, 0) is 30.5 Å². The minimum atomic E-state index is -0.444. The van der Waals surface area contributed by atoms with Gasteiger partial charge in [-0.25, -0.2) is 4.68 Å². The largest absolute Gasteiger partial charge is 0.376 e. The first-order chi connectivity index (χ1) is 13.1. The van der Waals surface area contributed by atoms with E-state index >= 15 is 0 Å². The number of nitrogens with zero attached hydrogens (tertiary/aromatic N) is 2. The van der Waals surface area contributed by atoms with Gasteiger partial charge < -0.3 is 15.4 Å². The van der Waals surface area contributed by atoms with E-state index in [1.807, 2.05) is 12.1 Å². The van der Waals surface area contributed by atoms with Crippen molar-refractivity contribution < 1.29 is 14.3 Å². The molecule has 1 aromatic carbocycles. The van der Waals surface area contributed by atoms with Gasteiger partial charge in [0.25, 0.3) is 0 Å². The lowest BCUT2D eigenvalue weighted by atomic mass is 10.0. The number of ether oxygens (including phenoxy) is 1. The van der Waals surface area contributed by atoms with Gasteiger partial charge in [-0.3, -0.25) is 9.59 Å². The van der Waals surface area contributed by atoms with Crippen LogP contribution < -0.4 is 10.6 Å². The van der Waals surface area contributed by atoms with E-state index in [9.17, 15) is 9.59 Å². The number of fused-ring (bicyclic) bond motifs is 1. The Morgan fingerprint density at radius 3 is 2.93 bits per heavy atom. The van der Waals surface area contributed by atoms with Gasteiger partial charge in [0.2, 0.25) is 11.8 Å². The third kappa shape index (κ3) is 3.99. The van der Waals surface area contributed by atoms with Gasteiger partial charge in [-0.2, -0.15) is 5.10 Å². The van der Waals surface area contributed by atoms with Crippen molar-refractivity contribution >= 4 is 29.2 Å². The van der Waals surface area contributed by atoms with Crippen LogP contribution in [0, 0.1) is 5.92 Å². The van der Waals surface area contributed by atoms with Crippen molar-refractivity contribution in [3.8, 4) is 11.1 Å². The standard InChI is InChI=1S/C19H21ClN4O3/c20-14-5-3-12(4-6-14)16-10-22-24-11-13(19(26)23-18(16)24)8-17(25)21-9-15-2-1-7-27-15/h3-6,10,13,15H,1-2,7-9,11H2,(H,21,25)(H,23,26). The Labute approximate surface area is 162 Å². The van der Waals surface area contributed by atoms with E-state index in [-0.39, 0.29) is 24.3 Å². The predicted octanol–water partition coefficient (Wildman–Crippen LogP) is 2.46. The molecular weight excluding hydrogens is 368 g/mol. The van der Waals surface area contributed by atoms with Gasteiger partial charge in [0.15, 0.2) is 0 Å². The molecule has 2 aliphatic heterocycles. The Balaban J connectivity index is 1.40. The van der Waals surface area contributed by atoms with Gasteiger partial charge in [-0.15, -0.1) is 0 Å². The summed E-state index contributed by atoms with van der Waals surface area (Å²) < 4.78 is 7.24. The minimum absolute atomic E-state index is 0.0915. The molecule has 0 bridgehead atoms. The van der Waals surface area contributed by atoms with Crippen LogP contribution in [0.3, 0.4) is 0 Å². The molecule has 0 aliphatic carbocycles. The summed E-state index contributed by atoms with van der Waals surface area (Å²) in [6.45, 7) is 1.63. The Morgan fingerprint density at radius 2 is 2.19 bits per heavy atom. The SMILES string of the molecule is O=C(CC1Cn2ncc(-c3ccc(Cl)cc3)c2NC1=O)NCC1CCCO1. The van der Waals surface area contributed by atoms with Crippen molar-refractivity contribution in [3.05, 3.63) is 35.5 Å². The molecule has 27 heavy (non-hydrogen) atoms. The van der Waals surface area contributed by atoms with Gasteiger partial charge >= 0.3 is 0 Å². The zero-order valence-electron chi connectivity index (χ0n) is 14.8. The Morgan fingerprint density at radius 1 is 1.37 bits per heavy atom. The van der Waals surface area contributed by atoms with Crippen LogP contribution in [0.4, 0.5) is 5.82 Å². The minimum Gasteiger partial charge on any atom is -0.376 e. The summed E-state index contributed by atoms with van der Waals surface area (Å²) in [4.78, 5) is 24.7. The van der Waals surface area contributed by atoms with E-state index in [0.717, 1.165) is 30.6 Å². The highest BCUT2D eigenvalue weighted by Gasteiger charge is 2.31. The fourth-order valence-corrected chi connectivity index (χ4v) is 3.62. The summed E-state index contributed by atoms with van der Waals surface area (Å²) >= 11 is 5.94. The molecule has 0 saturated carbocycles. The molecule has 4 rings (SSSR count). The van der Waals surface area contributed by atoms with Crippen molar-refractivity contribution in [2.45, 2.75) is 31.9 Å². The number of halogens is 1. The summed E-state index contributed by atoms with van der Waals surface area (Å²) in [5.74, 6) is -0.0945. The van der Waals surface area contributed by atoms with Crippen LogP contribution in [0.2, 0.25) is 5.02 Å². The maximum absolute atomic E-state index is 12.5. The summed E-state index contributed by atoms with van der Waals surface area (Å²) in [5.41, 5.74) is 1.76.